The number of rotatable bonds is 6. The van der Waals surface area contributed by atoms with Crippen LogP contribution in [0.1, 0.15) is 23.0 Å². The highest BCUT2D eigenvalue weighted by Gasteiger charge is 2.19. The molecule has 2 N–H and O–H groups in total. The van der Waals surface area contributed by atoms with Crippen LogP contribution in [-0.4, -0.2) is 47.3 Å². The lowest BCUT2D eigenvalue weighted by Gasteiger charge is -2.20. The second kappa shape index (κ2) is 6.30. The van der Waals surface area contributed by atoms with Gasteiger partial charge in [0.05, 0.1) is 25.0 Å². The summed E-state index contributed by atoms with van der Waals surface area (Å²) in [5, 5.41) is 17.7. The number of carbonyl (C=O) groups excluding carboxylic acids is 1. The summed E-state index contributed by atoms with van der Waals surface area (Å²) in [5.41, 5.74) is 0.504. The summed E-state index contributed by atoms with van der Waals surface area (Å²) >= 11 is 0. The maximum absolute atomic E-state index is 12.0. The molecule has 1 amide bonds. The van der Waals surface area contributed by atoms with Gasteiger partial charge in [0.2, 0.25) is 0 Å². The summed E-state index contributed by atoms with van der Waals surface area (Å²) in [6.07, 6.45) is 2.11. The first-order valence-corrected chi connectivity index (χ1v) is 5.32. The van der Waals surface area contributed by atoms with E-state index in [4.69, 9.17) is 14.6 Å². The molecule has 0 bridgehead atoms. The van der Waals surface area contributed by atoms with E-state index in [1.54, 1.807) is 6.07 Å². The standard InChI is InChI=1S/C11H17NO4/c1-2-10-9(3-8-16-10)11(15)12(4-6-13)5-7-14/h3,8,13-14H,2,4-7H2,1H3. The summed E-state index contributed by atoms with van der Waals surface area (Å²) in [6.45, 7) is 2.09. The van der Waals surface area contributed by atoms with Gasteiger partial charge >= 0.3 is 0 Å². The third-order valence-corrected chi connectivity index (χ3v) is 2.32. The Bertz CT molecular complexity index is 328. The van der Waals surface area contributed by atoms with E-state index < -0.39 is 0 Å². The maximum Gasteiger partial charge on any atom is 0.257 e. The second-order valence-electron chi connectivity index (χ2n) is 3.35. The smallest absolute Gasteiger partial charge is 0.257 e. The van der Waals surface area contributed by atoms with Gasteiger partial charge in [-0.25, -0.2) is 0 Å². The van der Waals surface area contributed by atoms with E-state index in [0.717, 1.165) is 0 Å². The van der Waals surface area contributed by atoms with Gasteiger partial charge in [0.1, 0.15) is 5.76 Å². The first kappa shape index (κ1) is 12.7. The highest BCUT2D eigenvalue weighted by Crippen LogP contribution is 2.13. The molecule has 1 aromatic heterocycles. The van der Waals surface area contributed by atoms with E-state index in [1.807, 2.05) is 6.92 Å². The lowest BCUT2D eigenvalue weighted by Crippen LogP contribution is -2.36. The average Bonchev–Trinajstić information content (AvgIpc) is 2.75. The molecule has 0 spiro atoms. The maximum atomic E-state index is 12.0. The Morgan fingerprint density at radius 3 is 2.50 bits per heavy atom. The first-order valence-electron chi connectivity index (χ1n) is 5.32. The fraction of sp³-hybridized carbons (Fsp3) is 0.545. The normalized spacial score (nSPS) is 10.4. The number of furan rings is 1. The molecular formula is C11H17NO4. The zero-order chi connectivity index (χ0) is 12.0. The van der Waals surface area contributed by atoms with Crippen molar-refractivity contribution in [2.45, 2.75) is 13.3 Å². The van der Waals surface area contributed by atoms with Crippen LogP contribution >= 0.6 is 0 Å². The van der Waals surface area contributed by atoms with Gasteiger partial charge in [0.15, 0.2) is 0 Å². The van der Waals surface area contributed by atoms with Crippen LogP contribution in [0.25, 0.3) is 0 Å². The Kier molecular flexibility index (Phi) is 5.01. The molecule has 5 nitrogen and oxygen atoms in total. The zero-order valence-electron chi connectivity index (χ0n) is 9.35. The molecule has 0 fully saturated rings. The van der Waals surface area contributed by atoms with Gasteiger partial charge in [0.25, 0.3) is 5.91 Å². The minimum absolute atomic E-state index is 0.120. The summed E-state index contributed by atoms with van der Waals surface area (Å²) in [5.74, 6) is 0.416. The summed E-state index contributed by atoms with van der Waals surface area (Å²) < 4.78 is 5.17. The van der Waals surface area contributed by atoms with E-state index in [0.29, 0.717) is 17.7 Å². The van der Waals surface area contributed by atoms with Gasteiger partial charge in [-0.2, -0.15) is 0 Å². The van der Waals surface area contributed by atoms with E-state index in [2.05, 4.69) is 0 Å². The second-order valence-corrected chi connectivity index (χ2v) is 3.35. The Balaban J connectivity index is 2.81. The van der Waals surface area contributed by atoms with Gasteiger partial charge in [-0.15, -0.1) is 0 Å². The van der Waals surface area contributed by atoms with Crippen LogP contribution in [0, 0.1) is 0 Å². The number of amides is 1. The van der Waals surface area contributed by atoms with Crippen molar-refractivity contribution in [1.82, 2.24) is 4.90 Å². The number of hydrogen-bond acceptors (Lipinski definition) is 4. The lowest BCUT2D eigenvalue weighted by molar-refractivity contribution is 0.0682. The molecular weight excluding hydrogens is 210 g/mol. The van der Waals surface area contributed by atoms with Crippen molar-refractivity contribution in [3.05, 3.63) is 23.7 Å². The first-order chi connectivity index (χ1) is 7.74. The van der Waals surface area contributed by atoms with Crippen molar-refractivity contribution in [3.8, 4) is 0 Å². The van der Waals surface area contributed by atoms with Crippen molar-refractivity contribution in [2.24, 2.45) is 0 Å². The summed E-state index contributed by atoms with van der Waals surface area (Å²) in [4.78, 5) is 13.4. The van der Waals surface area contributed by atoms with E-state index in [9.17, 15) is 4.79 Å². The van der Waals surface area contributed by atoms with Gasteiger partial charge in [-0.1, -0.05) is 6.92 Å². The molecule has 0 atom stereocenters. The number of aliphatic hydroxyl groups is 2. The molecule has 0 aromatic carbocycles. The third-order valence-electron chi connectivity index (χ3n) is 2.32. The van der Waals surface area contributed by atoms with Crippen molar-refractivity contribution < 1.29 is 19.4 Å². The third kappa shape index (κ3) is 2.84. The predicted molar refractivity (Wildman–Crippen MR) is 58.2 cm³/mol. The molecule has 0 unspecified atom stereocenters. The Labute approximate surface area is 94.3 Å². The molecule has 16 heavy (non-hydrogen) atoms. The molecule has 1 aromatic rings. The SMILES string of the molecule is CCc1occc1C(=O)N(CCO)CCO. The number of hydrogen-bond donors (Lipinski definition) is 2. The van der Waals surface area contributed by atoms with Gasteiger partial charge in [-0.3, -0.25) is 4.79 Å². The Morgan fingerprint density at radius 2 is 2.00 bits per heavy atom. The summed E-state index contributed by atoms with van der Waals surface area (Å²) in [6, 6.07) is 1.61. The van der Waals surface area contributed by atoms with E-state index in [-0.39, 0.29) is 32.2 Å². The molecule has 5 heteroatoms. The van der Waals surface area contributed by atoms with Crippen LogP contribution < -0.4 is 0 Å². The van der Waals surface area contributed by atoms with Crippen LogP contribution in [0.2, 0.25) is 0 Å². The summed E-state index contributed by atoms with van der Waals surface area (Å²) in [7, 11) is 0. The molecule has 0 saturated heterocycles. The minimum atomic E-state index is -0.214. The molecule has 0 saturated carbocycles. The van der Waals surface area contributed by atoms with Gasteiger partial charge in [0, 0.05) is 19.5 Å². The topological polar surface area (TPSA) is 73.9 Å². The molecule has 0 aliphatic carbocycles. The lowest BCUT2D eigenvalue weighted by atomic mass is 10.2. The quantitative estimate of drug-likeness (QED) is 0.731. The Morgan fingerprint density at radius 1 is 1.38 bits per heavy atom. The largest absolute Gasteiger partial charge is 0.469 e. The minimum Gasteiger partial charge on any atom is -0.469 e. The predicted octanol–water partition coefficient (Wildman–Crippen LogP) is 0.269. The number of nitrogens with zero attached hydrogens (tertiary/aromatic N) is 1. The van der Waals surface area contributed by atoms with Crippen molar-refractivity contribution in [2.75, 3.05) is 26.3 Å². The fourth-order valence-electron chi connectivity index (χ4n) is 1.53. The van der Waals surface area contributed by atoms with Crippen molar-refractivity contribution in [3.63, 3.8) is 0 Å². The van der Waals surface area contributed by atoms with Crippen LogP contribution in [-0.2, 0) is 6.42 Å². The molecule has 1 rings (SSSR count). The average molecular weight is 227 g/mol. The van der Waals surface area contributed by atoms with Crippen LogP contribution in [0.3, 0.4) is 0 Å². The number of aryl methyl sites for hydroxylation is 1. The highest BCUT2D eigenvalue weighted by atomic mass is 16.3. The number of carbonyl (C=O) groups is 1. The molecule has 0 aliphatic heterocycles. The van der Waals surface area contributed by atoms with Gasteiger partial charge < -0.3 is 19.5 Å². The fourth-order valence-corrected chi connectivity index (χ4v) is 1.53. The van der Waals surface area contributed by atoms with Crippen LogP contribution in [0.4, 0.5) is 0 Å². The number of aliphatic hydroxyl groups excluding tert-OH is 2. The van der Waals surface area contributed by atoms with Crippen LogP contribution in [0.5, 0.6) is 0 Å². The van der Waals surface area contributed by atoms with Crippen molar-refractivity contribution in [1.29, 1.82) is 0 Å². The highest BCUT2D eigenvalue weighted by molar-refractivity contribution is 5.95. The molecule has 0 aliphatic rings. The Hall–Kier alpha value is -1.33. The molecule has 90 valence electrons. The van der Waals surface area contributed by atoms with Crippen molar-refractivity contribution >= 4 is 5.91 Å². The monoisotopic (exact) mass is 227 g/mol. The van der Waals surface area contributed by atoms with E-state index >= 15 is 0 Å². The molecule has 0 radical (unpaired) electrons. The molecule has 1 heterocycles. The zero-order valence-corrected chi connectivity index (χ0v) is 9.35. The van der Waals surface area contributed by atoms with Gasteiger partial charge in [-0.05, 0) is 6.07 Å². The van der Waals surface area contributed by atoms with Crippen LogP contribution in [0.15, 0.2) is 16.7 Å². The van der Waals surface area contributed by atoms with E-state index in [1.165, 1.54) is 11.2 Å².